The van der Waals surface area contributed by atoms with Gasteiger partial charge >= 0.3 is 5.97 Å². The van der Waals surface area contributed by atoms with Crippen LogP contribution >= 0.6 is 0 Å². The first-order valence-corrected chi connectivity index (χ1v) is 8.64. The van der Waals surface area contributed by atoms with Gasteiger partial charge in [0.2, 0.25) is 5.91 Å². The molecule has 4 nitrogen and oxygen atoms in total. The van der Waals surface area contributed by atoms with Gasteiger partial charge in [-0.25, -0.2) is 4.79 Å². The Morgan fingerprint density at radius 3 is 2.24 bits per heavy atom. The number of likely N-dealkylation sites (tertiary alicyclic amines) is 1. The quantitative estimate of drug-likeness (QED) is 0.929. The minimum atomic E-state index is -0.987. The highest BCUT2D eigenvalue weighted by atomic mass is 16.4. The minimum absolute atomic E-state index is 0.00353. The molecule has 0 atom stereocenters. The molecule has 25 heavy (non-hydrogen) atoms. The van der Waals surface area contributed by atoms with Crippen molar-refractivity contribution in [3.8, 4) is 0 Å². The lowest BCUT2D eigenvalue weighted by molar-refractivity contribution is -0.132. The normalized spacial score (nSPS) is 16.4. The molecule has 0 bridgehead atoms. The number of carboxylic acid groups (broad SMARTS) is 1. The summed E-state index contributed by atoms with van der Waals surface area (Å²) in [6, 6.07) is 17.2. The number of benzene rings is 2. The summed E-state index contributed by atoms with van der Waals surface area (Å²) in [5.41, 5.74) is 2.20. The molecule has 1 saturated heterocycles. The number of aromatic carboxylic acids is 1. The van der Waals surface area contributed by atoms with E-state index in [1.54, 1.807) is 24.3 Å². The highest BCUT2D eigenvalue weighted by molar-refractivity contribution is 5.91. The number of piperidine rings is 1. The fourth-order valence-corrected chi connectivity index (χ4v) is 3.54. The molecule has 1 fully saturated rings. The SMILES string of the molecule is CC1(c2ccccc2)CCN(C(=O)Cc2ccccc2C(=O)O)CC1. The van der Waals surface area contributed by atoms with Gasteiger partial charge in [0.1, 0.15) is 0 Å². The lowest BCUT2D eigenvalue weighted by Gasteiger charge is -2.40. The molecule has 0 aliphatic carbocycles. The van der Waals surface area contributed by atoms with Crippen molar-refractivity contribution in [1.29, 1.82) is 0 Å². The van der Waals surface area contributed by atoms with Crippen molar-refractivity contribution in [2.45, 2.75) is 31.6 Å². The van der Waals surface area contributed by atoms with E-state index in [1.165, 1.54) is 5.56 Å². The molecule has 1 aliphatic heterocycles. The van der Waals surface area contributed by atoms with E-state index in [4.69, 9.17) is 0 Å². The molecule has 1 aliphatic rings. The average molecular weight is 337 g/mol. The van der Waals surface area contributed by atoms with Crippen LogP contribution in [0.3, 0.4) is 0 Å². The lowest BCUT2D eigenvalue weighted by atomic mass is 9.74. The zero-order chi connectivity index (χ0) is 17.9. The predicted molar refractivity (Wildman–Crippen MR) is 96.7 cm³/mol. The molecule has 0 spiro atoms. The largest absolute Gasteiger partial charge is 0.478 e. The van der Waals surface area contributed by atoms with Crippen LogP contribution in [-0.2, 0) is 16.6 Å². The summed E-state index contributed by atoms with van der Waals surface area (Å²) in [6.07, 6.45) is 1.98. The lowest BCUT2D eigenvalue weighted by Crippen LogP contribution is -2.44. The number of nitrogens with zero attached hydrogens (tertiary/aromatic N) is 1. The fraction of sp³-hybridized carbons (Fsp3) is 0.333. The molecule has 2 aromatic rings. The maximum Gasteiger partial charge on any atom is 0.335 e. The maximum absolute atomic E-state index is 12.6. The Morgan fingerprint density at radius 1 is 1.00 bits per heavy atom. The van der Waals surface area contributed by atoms with Crippen LogP contribution in [0.25, 0.3) is 0 Å². The van der Waals surface area contributed by atoms with Crippen molar-refractivity contribution in [2.24, 2.45) is 0 Å². The Morgan fingerprint density at radius 2 is 1.60 bits per heavy atom. The van der Waals surface area contributed by atoms with Crippen LogP contribution in [0, 0.1) is 0 Å². The fourth-order valence-electron chi connectivity index (χ4n) is 3.54. The van der Waals surface area contributed by atoms with Crippen molar-refractivity contribution in [1.82, 2.24) is 4.90 Å². The van der Waals surface area contributed by atoms with Crippen molar-refractivity contribution in [2.75, 3.05) is 13.1 Å². The first kappa shape index (κ1) is 17.2. The van der Waals surface area contributed by atoms with E-state index in [1.807, 2.05) is 11.0 Å². The summed E-state index contributed by atoms with van der Waals surface area (Å²) in [6.45, 7) is 3.67. The molecule has 0 aromatic heterocycles. The highest BCUT2D eigenvalue weighted by Gasteiger charge is 2.33. The number of hydrogen-bond donors (Lipinski definition) is 1. The van der Waals surface area contributed by atoms with Gasteiger partial charge < -0.3 is 10.0 Å². The zero-order valence-corrected chi connectivity index (χ0v) is 14.4. The van der Waals surface area contributed by atoms with E-state index in [2.05, 4.69) is 31.2 Å². The van der Waals surface area contributed by atoms with Gasteiger partial charge in [-0.1, -0.05) is 55.5 Å². The zero-order valence-electron chi connectivity index (χ0n) is 14.4. The first-order chi connectivity index (χ1) is 12.0. The molecule has 2 aromatic carbocycles. The smallest absolute Gasteiger partial charge is 0.335 e. The van der Waals surface area contributed by atoms with E-state index >= 15 is 0 Å². The van der Waals surface area contributed by atoms with Crippen molar-refractivity contribution < 1.29 is 14.7 Å². The minimum Gasteiger partial charge on any atom is -0.478 e. The molecule has 3 rings (SSSR count). The van der Waals surface area contributed by atoms with Crippen LogP contribution in [0.15, 0.2) is 54.6 Å². The molecule has 0 unspecified atom stereocenters. The van der Waals surface area contributed by atoms with Crippen LogP contribution in [0.5, 0.6) is 0 Å². The van der Waals surface area contributed by atoms with Crippen LogP contribution in [-0.4, -0.2) is 35.0 Å². The topological polar surface area (TPSA) is 57.6 Å². The summed E-state index contributed by atoms with van der Waals surface area (Å²) >= 11 is 0. The molecular weight excluding hydrogens is 314 g/mol. The van der Waals surface area contributed by atoms with Gasteiger partial charge in [-0.15, -0.1) is 0 Å². The summed E-state index contributed by atoms with van der Waals surface area (Å²) < 4.78 is 0. The van der Waals surface area contributed by atoms with Crippen LogP contribution in [0.1, 0.15) is 41.3 Å². The van der Waals surface area contributed by atoms with Crippen LogP contribution in [0.2, 0.25) is 0 Å². The molecule has 1 N–H and O–H groups in total. The number of hydrogen-bond acceptors (Lipinski definition) is 2. The number of carbonyl (C=O) groups is 2. The molecule has 130 valence electrons. The molecule has 4 heteroatoms. The van der Waals surface area contributed by atoms with Gasteiger partial charge in [0, 0.05) is 13.1 Å². The molecule has 1 amide bonds. The number of rotatable bonds is 4. The Kier molecular flexibility index (Phi) is 4.88. The average Bonchev–Trinajstić information content (AvgIpc) is 2.63. The Labute approximate surface area is 148 Å². The summed E-state index contributed by atoms with van der Waals surface area (Å²) in [5, 5.41) is 9.26. The highest BCUT2D eigenvalue weighted by Crippen LogP contribution is 2.35. The second-order valence-electron chi connectivity index (χ2n) is 6.95. The molecule has 0 saturated carbocycles. The third-order valence-corrected chi connectivity index (χ3v) is 5.28. The Hall–Kier alpha value is -2.62. The van der Waals surface area contributed by atoms with Gasteiger partial charge in [-0.05, 0) is 35.4 Å². The Balaban J connectivity index is 1.66. The first-order valence-electron chi connectivity index (χ1n) is 8.64. The predicted octanol–water partition coefficient (Wildman–Crippen LogP) is 3.51. The number of amides is 1. The van der Waals surface area contributed by atoms with Gasteiger partial charge in [-0.3, -0.25) is 4.79 Å². The summed E-state index contributed by atoms with van der Waals surface area (Å²) in [5.74, 6) is -0.984. The van der Waals surface area contributed by atoms with E-state index < -0.39 is 5.97 Å². The maximum atomic E-state index is 12.6. The third-order valence-electron chi connectivity index (χ3n) is 5.28. The molecule has 0 radical (unpaired) electrons. The van der Waals surface area contributed by atoms with Crippen molar-refractivity contribution in [3.63, 3.8) is 0 Å². The van der Waals surface area contributed by atoms with Crippen LogP contribution in [0.4, 0.5) is 0 Å². The third kappa shape index (κ3) is 3.73. The van der Waals surface area contributed by atoms with E-state index in [9.17, 15) is 14.7 Å². The van der Waals surface area contributed by atoms with Crippen molar-refractivity contribution in [3.05, 3.63) is 71.3 Å². The van der Waals surface area contributed by atoms with Gasteiger partial charge in [-0.2, -0.15) is 0 Å². The van der Waals surface area contributed by atoms with E-state index in [0.717, 1.165) is 12.8 Å². The standard InChI is InChI=1S/C21H23NO3/c1-21(17-8-3-2-4-9-17)11-13-22(14-12-21)19(23)15-16-7-5-6-10-18(16)20(24)25/h2-10H,11-15H2,1H3,(H,24,25). The van der Waals surface area contributed by atoms with E-state index in [0.29, 0.717) is 18.7 Å². The second-order valence-corrected chi connectivity index (χ2v) is 6.95. The monoisotopic (exact) mass is 337 g/mol. The number of carboxylic acids is 1. The van der Waals surface area contributed by atoms with Crippen molar-refractivity contribution >= 4 is 11.9 Å². The van der Waals surface area contributed by atoms with Gasteiger partial charge in [0.25, 0.3) is 0 Å². The van der Waals surface area contributed by atoms with Crippen LogP contribution < -0.4 is 0 Å². The molecular formula is C21H23NO3. The van der Waals surface area contributed by atoms with Gasteiger partial charge in [0.15, 0.2) is 0 Å². The van der Waals surface area contributed by atoms with Gasteiger partial charge in [0.05, 0.1) is 12.0 Å². The summed E-state index contributed by atoms with van der Waals surface area (Å²) in [4.78, 5) is 25.8. The Bertz CT molecular complexity index is 762. The summed E-state index contributed by atoms with van der Waals surface area (Å²) in [7, 11) is 0. The molecule has 1 heterocycles. The van der Waals surface area contributed by atoms with E-state index in [-0.39, 0.29) is 23.3 Å². The number of carbonyl (C=O) groups excluding carboxylic acids is 1. The second kappa shape index (κ2) is 7.09.